The summed E-state index contributed by atoms with van der Waals surface area (Å²) in [4.78, 5) is 18.3. The fourth-order valence-electron chi connectivity index (χ4n) is 2.42. The fraction of sp³-hybridized carbons (Fsp3) is 0.467. The van der Waals surface area contributed by atoms with Crippen LogP contribution < -0.4 is 5.32 Å². The molecule has 0 aromatic carbocycles. The van der Waals surface area contributed by atoms with Crippen molar-refractivity contribution in [2.75, 3.05) is 20.1 Å². The molecule has 0 fully saturated rings. The van der Waals surface area contributed by atoms with Crippen molar-refractivity contribution in [3.63, 3.8) is 0 Å². The van der Waals surface area contributed by atoms with Crippen molar-refractivity contribution in [3.05, 3.63) is 40.7 Å². The summed E-state index contributed by atoms with van der Waals surface area (Å²) < 4.78 is 0. The molecule has 108 valence electrons. The lowest BCUT2D eigenvalue weighted by Crippen LogP contribution is -2.35. The summed E-state index contributed by atoms with van der Waals surface area (Å²) in [7, 11) is 2.12. The molecule has 1 aliphatic rings. The van der Waals surface area contributed by atoms with Crippen LogP contribution in [0.1, 0.15) is 30.1 Å². The average molecular weight is 294 g/mol. The van der Waals surface area contributed by atoms with Gasteiger partial charge >= 0.3 is 0 Å². The van der Waals surface area contributed by atoms with Gasteiger partial charge in [-0.3, -0.25) is 4.79 Å². The average Bonchev–Trinajstić information content (AvgIpc) is 2.38. The third-order valence-corrected chi connectivity index (χ3v) is 3.56. The summed E-state index contributed by atoms with van der Waals surface area (Å²) in [6, 6.07) is 3.35. The number of pyridine rings is 1. The lowest BCUT2D eigenvalue weighted by atomic mass is 10.0. The molecular formula is C15H20ClN3O. The monoisotopic (exact) mass is 293 g/mol. The van der Waals surface area contributed by atoms with Crippen LogP contribution in [-0.2, 0) is 0 Å². The van der Waals surface area contributed by atoms with Crippen LogP contribution in [-0.4, -0.2) is 42.0 Å². The van der Waals surface area contributed by atoms with Gasteiger partial charge in [0.25, 0.3) is 5.91 Å². The summed E-state index contributed by atoms with van der Waals surface area (Å²) in [6.07, 6.45) is 5.80. The van der Waals surface area contributed by atoms with Crippen LogP contribution >= 0.6 is 11.6 Å². The van der Waals surface area contributed by atoms with Crippen molar-refractivity contribution < 1.29 is 4.79 Å². The highest BCUT2D eigenvalue weighted by atomic mass is 35.5. The number of carbonyl (C=O) groups excluding carboxylic acids is 1. The van der Waals surface area contributed by atoms with Crippen LogP contribution in [0.25, 0.3) is 0 Å². The second kappa shape index (κ2) is 6.86. The van der Waals surface area contributed by atoms with Gasteiger partial charge in [0.1, 0.15) is 5.15 Å². The Kier molecular flexibility index (Phi) is 5.15. The van der Waals surface area contributed by atoms with E-state index in [2.05, 4.69) is 28.3 Å². The van der Waals surface area contributed by atoms with Gasteiger partial charge in [0.05, 0.1) is 0 Å². The number of rotatable bonds is 4. The molecule has 1 atom stereocenters. The highest BCUT2D eigenvalue weighted by Gasteiger charge is 2.14. The number of halogens is 1. The summed E-state index contributed by atoms with van der Waals surface area (Å²) in [5.41, 5.74) is 1.94. The third kappa shape index (κ3) is 4.32. The quantitative estimate of drug-likeness (QED) is 0.685. The maximum atomic E-state index is 12.1. The lowest BCUT2D eigenvalue weighted by molar-refractivity contribution is 0.0939. The van der Waals surface area contributed by atoms with Gasteiger partial charge < -0.3 is 10.2 Å². The second-order valence-corrected chi connectivity index (χ2v) is 5.72. The molecule has 1 N–H and O–H groups in total. The maximum Gasteiger partial charge on any atom is 0.251 e. The summed E-state index contributed by atoms with van der Waals surface area (Å²) >= 11 is 5.79. The number of nitrogens with zero attached hydrogens (tertiary/aromatic N) is 2. The normalized spacial score (nSPS) is 17.4. The minimum Gasteiger partial charge on any atom is -0.349 e. The van der Waals surface area contributed by atoms with Crippen molar-refractivity contribution in [3.8, 4) is 0 Å². The van der Waals surface area contributed by atoms with E-state index < -0.39 is 0 Å². The second-order valence-electron chi connectivity index (χ2n) is 5.33. The molecule has 0 spiro atoms. The third-order valence-electron chi connectivity index (χ3n) is 3.35. The minimum absolute atomic E-state index is 0.104. The predicted octanol–water partition coefficient (Wildman–Crippen LogP) is 2.51. The van der Waals surface area contributed by atoms with Crippen molar-refractivity contribution in [1.82, 2.24) is 15.2 Å². The molecule has 1 amide bonds. The Morgan fingerprint density at radius 1 is 1.60 bits per heavy atom. The Hall–Kier alpha value is -1.39. The summed E-state index contributed by atoms with van der Waals surface area (Å²) in [5.74, 6) is -0.105. The van der Waals surface area contributed by atoms with E-state index in [0.717, 1.165) is 25.9 Å². The van der Waals surface area contributed by atoms with Gasteiger partial charge in [-0.05, 0) is 38.9 Å². The van der Waals surface area contributed by atoms with Gasteiger partial charge in [-0.1, -0.05) is 23.3 Å². The number of aromatic nitrogens is 1. The van der Waals surface area contributed by atoms with Crippen molar-refractivity contribution in [2.24, 2.45) is 0 Å². The predicted molar refractivity (Wildman–Crippen MR) is 81.0 cm³/mol. The van der Waals surface area contributed by atoms with Crippen LogP contribution in [0, 0.1) is 0 Å². The smallest absolute Gasteiger partial charge is 0.251 e. The van der Waals surface area contributed by atoms with Crippen LogP contribution in [0.3, 0.4) is 0 Å². The van der Waals surface area contributed by atoms with Gasteiger partial charge in [-0.15, -0.1) is 0 Å². The SMILES string of the molecule is C[C@H](CC1=CCCN(C)C1)NC(=O)c1ccnc(Cl)c1. The molecular weight excluding hydrogens is 274 g/mol. The van der Waals surface area contributed by atoms with Gasteiger partial charge in [-0.25, -0.2) is 4.98 Å². The molecule has 0 saturated heterocycles. The van der Waals surface area contributed by atoms with Crippen molar-refractivity contribution in [1.29, 1.82) is 0 Å². The molecule has 5 heteroatoms. The molecule has 0 unspecified atom stereocenters. The van der Waals surface area contributed by atoms with Crippen LogP contribution in [0.5, 0.6) is 0 Å². The number of carbonyl (C=O) groups is 1. The lowest BCUT2D eigenvalue weighted by Gasteiger charge is -2.25. The minimum atomic E-state index is -0.105. The number of hydrogen-bond acceptors (Lipinski definition) is 3. The van der Waals surface area contributed by atoms with Gasteiger partial charge in [-0.2, -0.15) is 0 Å². The van der Waals surface area contributed by atoms with Gasteiger partial charge in [0, 0.05) is 30.9 Å². The summed E-state index contributed by atoms with van der Waals surface area (Å²) in [6.45, 7) is 4.12. The van der Waals surface area contributed by atoms with Crippen LogP contribution in [0.2, 0.25) is 5.15 Å². The molecule has 0 bridgehead atoms. The summed E-state index contributed by atoms with van der Waals surface area (Å²) in [5, 5.41) is 3.34. The Balaban J connectivity index is 1.89. The molecule has 1 aliphatic heterocycles. The zero-order chi connectivity index (χ0) is 14.5. The zero-order valence-electron chi connectivity index (χ0n) is 11.9. The largest absolute Gasteiger partial charge is 0.349 e. The molecule has 2 rings (SSSR count). The first-order valence-electron chi connectivity index (χ1n) is 6.83. The Labute approximate surface area is 124 Å². The first kappa shape index (κ1) is 15.0. The van der Waals surface area contributed by atoms with E-state index >= 15 is 0 Å². The number of nitrogens with one attached hydrogen (secondary N) is 1. The van der Waals surface area contributed by atoms with E-state index in [0.29, 0.717) is 10.7 Å². The number of hydrogen-bond donors (Lipinski definition) is 1. The Morgan fingerprint density at radius 2 is 2.40 bits per heavy atom. The number of amides is 1. The first-order chi connectivity index (χ1) is 9.54. The van der Waals surface area contributed by atoms with Gasteiger partial charge in [0.2, 0.25) is 0 Å². The molecule has 1 aromatic heterocycles. The van der Waals surface area contributed by atoms with E-state index in [1.807, 2.05) is 6.92 Å². The topological polar surface area (TPSA) is 45.2 Å². The van der Waals surface area contributed by atoms with Gasteiger partial charge in [0.15, 0.2) is 0 Å². The Morgan fingerprint density at radius 3 is 3.10 bits per heavy atom. The maximum absolute atomic E-state index is 12.1. The number of likely N-dealkylation sites (N-methyl/N-ethyl adjacent to an activating group) is 1. The van der Waals surface area contributed by atoms with E-state index in [4.69, 9.17) is 11.6 Å². The molecule has 0 radical (unpaired) electrons. The molecule has 0 aliphatic carbocycles. The van der Waals surface area contributed by atoms with Crippen molar-refractivity contribution in [2.45, 2.75) is 25.8 Å². The zero-order valence-corrected chi connectivity index (χ0v) is 12.7. The molecule has 4 nitrogen and oxygen atoms in total. The van der Waals surface area contributed by atoms with E-state index in [-0.39, 0.29) is 11.9 Å². The molecule has 1 aromatic rings. The van der Waals surface area contributed by atoms with Crippen LogP contribution in [0.15, 0.2) is 30.0 Å². The molecule has 2 heterocycles. The standard InChI is InChI=1S/C15H20ClN3O/c1-11(8-12-4-3-7-19(2)10-12)18-15(20)13-5-6-17-14(16)9-13/h4-6,9,11H,3,7-8,10H2,1-2H3,(H,18,20)/t11-/m1/s1. The fourth-order valence-corrected chi connectivity index (χ4v) is 2.60. The first-order valence-corrected chi connectivity index (χ1v) is 7.21. The highest BCUT2D eigenvalue weighted by molar-refractivity contribution is 6.29. The van der Waals surface area contributed by atoms with E-state index in [9.17, 15) is 4.79 Å². The van der Waals surface area contributed by atoms with E-state index in [1.54, 1.807) is 18.3 Å². The van der Waals surface area contributed by atoms with Crippen LogP contribution in [0.4, 0.5) is 0 Å². The molecule has 20 heavy (non-hydrogen) atoms. The Bertz CT molecular complexity index is 516. The molecule has 0 saturated carbocycles. The van der Waals surface area contributed by atoms with E-state index in [1.165, 1.54) is 5.57 Å². The highest BCUT2D eigenvalue weighted by Crippen LogP contribution is 2.14. The van der Waals surface area contributed by atoms with Crippen molar-refractivity contribution >= 4 is 17.5 Å².